The highest BCUT2D eigenvalue weighted by Gasteiger charge is 2.02. The van der Waals surface area contributed by atoms with Gasteiger partial charge in [-0.15, -0.1) is 0 Å². The minimum atomic E-state index is -0.330. The number of esters is 1. The quantitative estimate of drug-likeness (QED) is 0.367. The van der Waals surface area contributed by atoms with Gasteiger partial charge in [-0.3, -0.25) is 0 Å². The molecule has 0 amide bonds. The molecule has 0 aliphatic heterocycles. The number of carbonyl (C=O) groups excluding carboxylic acids is 1. The van der Waals surface area contributed by atoms with E-state index in [1.165, 1.54) is 0 Å². The van der Waals surface area contributed by atoms with E-state index in [0.29, 0.717) is 24.4 Å². The van der Waals surface area contributed by atoms with Crippen molar-refractivity contribution in [1.82, 2.24) is 0 Å². The maximum Gasteiger partial charge on any atom is 0.333 e. The molecule has 0 unspecified atom stereocenters. The van der Waals surface area contributed by atoms with Gasteiger partial charge < -0.3 is 9.47 Å². The maximum atomic E-state index is 11.2. The lowest BCUT2D eigenvalue weighted by molar-refractivity contribution is -0.139. The monoisotopic (exact) mass is 349 g/mol. The van der Waals surface area contributed by atoms with Gasteiger partial charge in [-0.25, -0.2) is 4.79 Å². The Morgan fingerprint density at radius 2 is 1.54 bits per heavy atom. The van der Waals surface area contributed by atoms with Gasteiger partial charge in [0.25, 0.3) is 0 Å². The van der Waals surface area contributed by atoms with Crippen LogP contribution in [-0.4, -0.2) is 19.2 Å². The van der Waals surface area contributed by atoms with E-state index in [4.69, 9.17) is 14.7 Å². The Balaban J connectivity index is 1.68. The third kappa shape index (κ3) is 6.10. The summed E-state index contributed by atoms with van der Waals surface area (Å²) in [5.41, 5.74) is 3.24. The first-order chi connectivity index (χ1) is 12.6. The molecule has 0 radical (unpaired) electrons. The lowest BCUT2D eigenvalue weighted by Crippen LogP contribution is -2.06. The van der Waals surface area contributed by atoms with Crippen LogP contribution in [0, 0.1) is 11.3 Å². The first-order valence-electron chi connectivity index (χ1n) is 8.66. The molecule has 0 fully saturated rings. The highest BCUT2D eigenvalue weighted by molar-refractivity contribution is 5.86. The number of ether oxygens (including phenoxy) is 2. The number of unbranched alkanes of at least 4 members (excludes halogenated alkanes) is 2. The Kier molecular flexibility index (Phi) is 7.45. The van der Waals surface area contributed by atoms with E-state index in [9.17, 15) is 4.79 Å². The molecule has 0 N–H and O–H groups in total. The summed E-state index contributed by atoms with van der Waals surface area (Å²) in [6, 6.07) is 17.5. The van der Waals surface area contributed by atoms with Gasteiger partial charge >= 0.3 is 5.97 Å². The van der Waals surface area contributed by atoms with Crippen molar-refractivity contribution in [2.75, 3.05) is 13.2 Å². The predicted molar refractivity (Wildman–Crippen MR) is 102 cm³/mol. The van der Waals surface area contributed by atoms with Crippen LogP contribution in [0.5, 0.6) is 5.75 Å². The van der Waals surface area contributed by atoms with E-state index in [2.05, 4.69) is 12.6 Å². The zero-order chi connectivity index (χ0) is 18.8. The largest absolute Gasteiger partial charge is 0.494 e. The topological polar surface area (TPSA) is 59.3 Å². The summed E-state index contributed by atoms with van der Waals surface area (Å²) in [4.78, 5) is 11.2. The van der Waals surface area contributed by atoms with Crippen molar-refractivity contribution in [3.63, 3.8) is 0 Å². The molecule has 0 spiro atoms. The SMILES string of the molecule is C=C(C)C(=O)OCCCCCOc1ccc(-c2ccc(C#N)cc2)cc1. The molecular formula is C22H23NO3. The summed E-state index contributed by atoms with van der Waals surface area (Å²) in [6.07, 6.45) is 2.66. The Morgan fingerprint density at radius 1 is 0.962 bits per heavy atom. The first kappa shape index (κ1) is 19.3. The van der Waals surface area contributed by atoms with E-state index >= 15 is 0 Å². The molecule has 0 aromatic heterocycles. The number of rotatable bonds is 9. The van der Waals surface area contributed by atoms with Gasteiger partial charge in [-0.05, 0) is 61.6 Å². The standard InChI is InChI=1S/C22H23NO3/c1-17(2)22(24)26-15-5-3-4-14-25-21-12-10-20(11-13-21)19-8-6-18(16-23)7-9-19/h6-13H,1,3-5,14-15H2,2H3. The maximum absolute atomic E-state index is 11.2. The Labute approximate surface area is 154 Å². The second-order valence-corrected chi connectivity index (χ2v) is 6.04. The van der Waals surface area contributed by atoms with Gasteiger partial charge in [0, 0.05) is 5.57 Å². The Bertz CT molecular complexity index is 771. The van der Waals surface area contributed by atoms with E-state index in [0.717, 1.165) is 36.1 Å². The van der Waals surface area contributed by atoms with Crippen molar-refractivity contribution in [1.29, 1.82) is 5.26 Å². The van der Waals surface area contributed by atoms with Crippen LogP contribution in [0.3, 0.4) is 0 Å². The van der Waals surface area contributed by atoms with Gasteiger partial charge in [-0.2, -0.15) is 5.26 Å². The highest BCUT2D eigenvalue weighted by Crippen LogP contribution is 2.23. The van der Waals surface area contributed by atoms with Gasteiger partial charge in [0.1, 0.15) is 5.75 Å². The van der Waals surface area contributed by atoms with E-state index in [1.807, 2.05) is 48.5 Å². The fourth-order valence-electron chi connectivity index (χ4n) is 2.34. The summed E-state index contributed by atoms with van der Waals surface area (Å²) < 4.78 is 10.8. The minimum absolute atomic E-state index is 0.330. The molecule has 0 atom stereocenters. The van der Waals surface area contributed by atoms with E-state index in [1.54, 1.807) is 6.92 Å². The number of nitriles is 1. The molecule has 0 aliphatic carbocycles. The molecule has 0 saturated carbocycles. The number of benzene rings is 2. The average Bonchev–Trinajstić information content (AvgIpc) is 2.67. The number of hydrogen-bond donors (Lipinski definition) is 0. The summed E-state index contributed by atoms with van der Waals surface area (Å²) >= 11 is 0. The normalized spacial score (nSPS) is 10.0. The summed E-state index contributed by atoms with van der Waals surface area (Å²) in [6.45, 7) is 6.24. The van der Waals surface area contributed by atoms with Crippen LogP contribution in [-0.2, 0) is 9.53 Å². The molecule has 0 aliphatic rings. The average molecular weight is 349 g/mol. The molecule has 0 saturated heterocycles. The predicted octanol–water partition coefficient (Wildman–Crippen LogP) is 4.89. The number of carbonyl (C=O) groups is 1. The highest BCUT2D eigenvalue weighted by atomic mass is 16.5. The molecule has 4 heteroatoms. The fourth-order valence-corrected chi connectivity index (χ4v) is 2.34. The number of nitrogens with zero attached hydrogens (tertiary/aromatic N) is 1. The van der Waals surface area contributed by atoms with Crippen molar-refractivity contribution < 1.29 is 14.3 Å². The molecule has 2 rings (SSSR count). The van der Waals surface area contributed by atoms with Crippen molar-refractivity contribution in [3.8, 4) is 22.9 Å². The number of hydrogen-bond acceptors (Lipinski definition) is 4. The molecule has 2 aromatic rings. The molecule has 2 aromatic carbocycles. The summed E-state index contributed by atoms with van der Waals surface area (Å²) in [7, 11) is 0. The smallest absolute Gasteiger partial charge is 0.333 e. The van der Waals surface area contributed by atoms with Crippen molar-refractivity contribution in [3.05, 3.63) is 66.2 Å². The van der Waals surface area contributed by atoms with E-state index < -0.39 is 0 Å². The van der Waals surface area contributed by atoms with Gasteiger partial charge in [0.15, 0.2) is 0 Å². The second kappa shape index (κ2) is 10.0. The molecular weight excluding hydrogens is 326 g/mol. The zero-order valence-corrected chi connectivity index (χ0v) is 15.0. The van der Waals surface area contributed by atoms with Crippen molar-refractivity contribution in [2.45, 2.75) is 26.2 Å². The van der Waals surface area contributed by atoms with E-state index in [-0.39, 0.29) is 5.97 Å². The third-order valence-corrected chi connectivity index (χ3v) is 3.84. The second-order valence-electron chi connectivity index (χ2n) is 6.04. The van der Waals surface area contributed by atoms with Crippen molar-refractivity contribution >= 4 is 5.97 Å². The molecule has 26 heavy (non-hydrogen) atoms. The Hall–Kier alpha value is -3.06. The lowest BCUT2D eigenvalue weighted by atomic mass is 10.0. The summed E-state index contributed by atoms with van der Waals surface area (Å²) in [5, 5.41) is 8.84. The lowest BCUT2D eigenvalue weighted by Gasteiger charge is -2.08. The van der Waals surface area contributed by atoms with Crippen LogP contribution in [0.1, 0.15) is 31.7 Å². The Morgan fingerprint density at radius 3 is 2.12 bits per heavy atom. The zero-order valence-electron chi connectivity index (χ0n) is 15.0. The van der Waals surface area contributed by atoms with Gasteiger partial charge in [-0.1, -0.05) is 30.8 Å². The molecule has 0 heterocycles. The molecule has 134 valence electrons. The van der Waals surface area contributed by atoms with Crippen LogP contribution in [0.2, 0.25) is 0 Å². The van der Waals surface area contributed by atoms with Crippen LogP contribution >= 0.6 is 0 Å². The molecule has 4 nitrogen and oxygen atoms in total. The van der Waals surface area contributed by atoms with Crippen molar-refractivity contribution in [2.24, 2.45) is 0 Å². The van der Waals surface area contributed by atoms with Crippen LogP contribution in [0.25, 0.3) is 11.1 Å². The fraction of sp³-hybridized carbons (Fsp3) is 0.273. The van der Waals surface area contributed by atoms with Gasteiger partial charge in [0.05, 0.1) is 24.8 Å². The first-order valence-corrected chi connectivity index (χ1v) is 8.66. The third-order valence-electron chi connectivity index (χ3n) is 3.84. The molecule has 0 bridgehead atoms. The van der Waals surface area contributed by atoms with Gasteiger partial charge in [0.2, 0.25) is 0 Å². The summed E-state index contributed by atoms with van der Waals surface area (Å²) in [5.74, 6) is 0.500. The van der Waals surface area contributed by atoms with Crippen LogP contribution in [0.15, 0.2) is 60.7 Å². The van der Waals surface area contributed by atoms with Crippen LogP contribution < -0.4 is 4.74 Å². The van der Waals surface area contributed by atoms with Crippen LogP contribution in [0.4, 0.5) is 0 Å². The minimum Gasteiger partial charge on any atom is -0.494 e.